The van der Waals surface area contributed by atoms with Gasteiger partial charge in [0.25, 0.3) is 0 Å². The number of piperidine rings is 1. The van der Waals surface area contributed by atoms with E-state index in [1.165, 1.54) is 6.07 Å². The first-order valence-corrected chi connectivity index (χ1v) is 6.14. The molecule has 1 N–H and O–H groups in total. The van der Waals surface area contributed by atoms with Crippen LogP contribution in [-0.4, -0.2) is 28.7 Å². The molecule has 3 nitrogen and oxygen atoms in total. The smallest absolute Gasteiger partial charge is 0.145 e. The topological polar surface area (TPSA) is 47.3 Å². The van der Waals surface area contributed by atoms with E-state index < -0.39 is 11.4 Å². The van der Waals surface area contributed by atoms with Gasteiger partial charge in [-0.3, -0.25) is 4.90 Å². The van der Waals surface area contributed by atoms with E-state index in [4.69, 9.17) is 5.26 Å². The number of nitriles is 1. The van der Waals surface area contributed by atoms with E-state index in [9.17, 15) is 9.50 Å². The molecule has 1 aliphatic heterocycles. The summed E-state index contributed by atoms with van der Waals surface area (Å²) in [4.78, 5) is 2.11. The number of rotatable bonds is 2. The van der Waals surface area contributed by atoms with Crippen LogP contribution in [0.5, 0.6) is 0 Å². The minimum absolute atomic E-state index is 0.0940. The van der Waals surface area contributed by atoms with Gasteiger partial charge >= 0.3 is 0 Å². The lowest BCUT2D eigenvalue weighted by Gasteiger charge is -2.35. The van der Waals surface area contributed by atoms with Gasteiger partial charge in [-0.25, -0.2) is 4.39 Å². The molecule has 0 unspecified atom stereocenters. The molecule has 1 saturated heterocycles. The predicted octanol–water partition coefficient (Wildman–Crippen LogP) is 2.04. The van der Waals surface area contributed by atoms with Crippen molar-refractivity contribution in [3.63, 3.8) is 0 Å². The summed E-state index contributed by atoms with van der Waals surface area (Å²) in [6.45, 7) is 3.84. The Morgan fingerprint density at radius 1 is 1.44 bits per heavy atom. The molecule has 1 aromatic carbocycles. The maximum absolute atomic E-state index is 13.9. The zero-order valence-corrected chi connectivity index (χ0v) is 10.5. The lowest BCUT2D eigenvalue weighted by Crippen LogP contribution is -2.42. The molecular weight excluding hydrogens is 231 g/mol. The average Bonchev–Trinajstić information content (AvgIpc) is 2.34. The van der Waals surface area contributed by atoms with Crippen LogP contribution in [0.2, 0.25) is 0 Å². The minimum atomic E-state index is -0.594. The first kappa shape index (κ1) is 13.0. The van der Waals surface area contributed by atoms with Crippen molar-refractivity contribution in [1.82, 2.24) is 4.90 Å². The molecule has 96 valence electrons. The third kappa shape index (κ3) is 2.87. The Balaban J connectivity index is 2.05. The van der Waals surface area contributed by atoms with Crippen LogP contribution >= 0.6 is 0 Å². The lowest BCUT2D eigenvalue weighted by atomic mass is 9.93. The third-order valence-electron chi connectivity index (χ3n) is 3.53. The first-order valence-electron chi connectivity index (χ1n) is 6.14. The number of halogens is 1. The molecule has 1 aliphatic rings. The first-order chi connectivity index (χ1) is 8.52. The summed E-state index contributed by atoms with van der Waals surface area (Å²) in [5.74, 6) is -0.419. The number of likely N-dealkylation sites (tertiary alicyclic amines) is 1. The second-order valence-corrected chi connectivity index (χ2v) is 5.16. The molecule has 0 atom stereocenters. The van der Waals surface area contributed by atoms with Crippen LogP contribution in [0, 0.1) is 17.1 Å². The molecule has 0 aromatic heterocycles. The third-order valence-corrected chi connectivity index (χ3v) is 3.53. The number of aliphatic hydroxyl groups is 1. The minimum Gasteiger partial charge on any atom is -0.390 e. The molecule has 0 bridgehead atoms. The molecule has 0 amide bonds. The standard InChI is InChI=1S/C14H17FN2O/c1-14(18)5-7-17(8-6-14)10-12-4-2-3-11(9-16)13(12)15/h2-4,18H,5-8,10H2,1H3. The fourth-order valence-electron chi connectivity index (χ4n) is 2.22. The van der Waals surface area contributed by atoms with Crippen molar-refractivity contribution < 1.29 is 9.50 Å². The van der Waals surface area contributed by atoms with Gasteiger partial charge in [0, 0.05) is 25.2 Å². The van der Waals surface area contributed by atoms with E-state index in [-0.39, 0.29) is 5.56 Å². The van der Waals surface area contributed by atoms with Crippen LogP contribution in [-0.2, 0) is 6.54 Å². The largest absolute Gasteiger partial charge is 0.390 e. The van der Waals surface area contributed by atoms with E-state index in [1.807, 2.05) is 13.0 Å². The van der Waals surface area contributed by atoms with Gasteiger partial charge in [-0.15, -0.1) is 0 Å². The Kier molecular flexibility index (Phi) is 3.65. The Labute approximate surface area is 106 Å². The van der Waals surface area contributed by atoms with Gasteiger partial charge in [0.05, 0.1) is 11.2 Å². The molecule has 18 heavy (non-hydrogen) atoms. The van der Waals surface area contributed by atoms with Gasteiger partial charge in [0.2, 0.25) is 0 Å². The average molecular weight is 248 g/mol. The lowest BCUT2D eigenvalue weighted by molar-refractivity contribution is -0.00750. The molecule has 0 saturated carbocycles. The summed E-state index contributed by atoms with van der Waals surface area (Å²) in [7, 11) is 0. The van der Waals surface area contributed by atoms with Gasteiger partial charge in [-0.05, 0) is 25.8 Å². The maximum atomic E-state index is 13.9. The molecule has 0 radical (unpaired) electrons. The number of hydrogen-bond acceptors (Lipinski definition) is 3. The van der Waals surface area contributed by atoms with Crippen molar-refractivity contribution in [3.05, 3.63) is 35.1 Å². The van der Waals surface area contributed by atoms with Crippen molar-refractivity contribution in [2.45, 2.75) is 31.9 Å². The number of benzene rings is 1. The summed E-state index contributed by atoms with van der Waals surface area (Å²) >= 11 is 0. The Morgan fingerprint density at radius 2 is 2.11 bits per heavy atom. The van der Waals surface area contributed by atoms with Crippen molar-refractivity contribution in [1.29, 1.82) is 5.26 Å². The van der Waals surface area contributed by atoms with Crippen LogP contribution in [0.3, 0.4) is 0 Å². The quantitative estimate of drug-likeness (QED) is 0.871. The number of hydrogen-bond donors (Lipinski definition) is 1. The molecule has 2 rings (SSSR count). The molecule has 1 heterocycles. The summed E-state index contributed by atoms with van der Waals surface area (Å²) < 4.78 is 13.9. The van der Waals surface area contributed by atoms with Crippen molar-refractivity contribution in [3.8, 4) is 6.07 Å². The fourth-order valence-corrected chi connectivity index (χ4v) is 2.22. The Bertz CT molecular complexity index is 469. The summed E-state index contributed by atoms with van der Waals surface area (Å²) in [6.07, 6.45) is 1.40. The SMILES string of the molecule is CC1(O)CCN(Cc2cccc(C#N)c2F)CC1. The van der Waals surface area contributed by atoms with E-state index in [0.717, 1.165) is 13.1 Å². The molecule has 0 aliphatic carbocycles. The predicted molar refractivity (Wildman–Crippen MR) is 66.2 cm³/mol. The number of nitrogens with zero attached hydrogens (tertiary/aromatic N) is 2. The van der Waals surface area contributed by atoms with Gasteiger partial charge < -0.3 is 5.11 Å². The van der Waals surface area contributed by atoms with Crippen LogP contribution < -0.4 is 0 Å². The molecular formula is C14H17FN2O. The second kappa shape index (κ2) is 5.05. The highest BCUT2D eigenvalue weighted by atomic mass is 19.1. The fraction of sp³-hybridized carbons (Fsp3) is 0.500. The van der Waals surface area contributed by atoms with E-state index in [2.05, 4.69) is 4.90 Å². The van der Waals surface area contributed by atoms with Crippen molar-refractivity contribution in [2.24, 2.45) is 0 Å². The highest BCUT2D eigenvalue weighted by Crippen LogP contribution is 2.23. The second-order valence-electron chi connectivity index (χ2n) is 5.16. The van der Waals surface area contributed by atoms with Gasteiger partial charge in [0.15, 0.2) is 0 Å². The highest BCUT2D eigenvalue weighted by molar-refractivity contribution is 5.34. The Hall–Kier alpha value is -1.44. The van der Waals surface area contributed by atoms with E-state index in [1.54, 1.807) is 12.1 Å². The van der Waals surface area contributed by atoms with Crippen LogP contribution in [0.25, 0.3) is 0 Å². The van der Waals surface area contributed by atoms with Crippen molar-refractivity contribution >= 4 is 0 Å². The molecule has 1 fully saturated rings. The van der Waals surface area contributed by atoms with E-state index in [0.29, 0.717) is 24.9 Å². The molecule has 4 heteroatoms. The highest BCUT2D eigenvalue weighted by Gasteiger charge is 2.27. The van der Waals surface area contributed by atoms with Crippen molar-refractivity contribution in [2.75, 3.05) is 13.1 Å². The van der Waals surface area contributed by atoms with Crippen LogP contribution in [0.4, 0.5) is 4.39 Å². The van der Waals surface area contributed by atoms with Gasteiger partial charge in [-0.1, -0.05) is 12.1 Å². The molecule has 1 aromatic rings. The summed E-state index contributed by atoms with van der Waals surface area (Å²) in [6, 6.07) is 6.76. The van der Waals surface area contributed by atoms with Gasteiger partial charge in [0.1, 0.15) is 11.9 Å². The monoisotopic (exact) mass is 248 g/mol. The maximum Gasteiger partial charge on any atom is 0.145 e. The van der Waals surface area contributed by atoms with Crippen LogP contribution in [0.15, 0.2) is 18.2 Å². The van der Waals surface area contributed by atoms with E-state index >= 15 is 0 Å². The zero-order chi connectivity index (χ0) is 13.2. The van der Waals surface area contributed by atoms with Crippen LogP contribution in [0.1, 0.15) is 30.9 Å². The molecule has 0 spiro atoms. The summed E-state index contributed by atoms with van der Waals surface area (Å²) in [5.41, 5.74) is 0.0518. The van der Waals surface area contributed by atoms with Gasteiger partial charge in [-0.2, -0.15) is 5.26 Å². The zero-order valence-electron chi connectivity index (χ0n) is 10.5. The normalized spacial score (nSPS) is 19.4. The summed E-state index contributed by atoms with van der Waals surface area (Å²) in [5, 5.41) is 18.6. The Morgan fingerprint density at radius 3 is 2.72 bits per heavy atom.